The first kappa shape index (κ1) is 8.45. The second-order valence-corrected chi connectivity index (χ2v) is 2.67. The zero-order valence-corrected chi connectivity index (χ0v) is 7.07. The zero-order chi connectivity index (χ0) is 9.97. The molecule has 0 N–H and O–H groups in total. The largest absolute Gasteiger partial charge is 0.363 e. The Bertz CT molecular complexity index is 499. The second-order valence-electron chi connectivity index (χ2n) is 2.67. The molecule has 0 saturated carbocycles. The Morgan fingerprint density at radius 1 is 1.36 bits per heavy atom. The molecule has 1 aromatic heterocycles. The lowest BCUT2D eigenvalue weighted by molar-refractivity contribution is 0.421. The van der Waals surface area contributed by atoms with Crippen LogP contribution in [0.3, 0.4) is 0 Å². The number of nitrogens with zero attached hydrogens (tertiary/aromatic N) is 2. The number of aromatic nitrogens is 1. The maximum Gasteiger partial charge on any atom is 0.142 e. The fourth-order valence-corrected chi connectivity index (χ4v) is 1.16. The van der Waals surface area contributed by atoms with Crippen LogP contribution in [-0.2, 0) is 0 Å². The number of benzene rings is 1. The van der Waals surface area contributed by atoms with Crippen molar-refractivity contribution < 1.29 is 8.91 Å². The molecule has 1 heterocycles. The van der Waals surface area contributed by atoms with E-state index in [0.29, 0.717) is 0 Å². The van der Waals surface area contributed by atoms with Crippen molar-refractivity contribution in [2.24, 2.45) is 0 Å². The van der Waals surface area contributed by atoms with Gasteiger partial charge in [0.05, 0.1) is 0 Å². The van der Waals surface area contributed by atoms with Gasteiger partial charge >= 0.3 is 0 Å². The number of hydrogen-bond acceptors (Lipinski definition) is 3. The van der Waals surface area contributed by atoms with Gasteiger partial charge < -0.3 is 4.52 Å². The van der Waals surface area contributed by atoms with Gasteiger partial charge in [0.1, 0.15) is 29.4 Å². The summed E-state index contributed by atoms with van der Waals surface area (Å²) in [7, 11) is 0. The lowest BCUT2D eigenvalue weighted by Crippen LogP contribution is -1.85. The van der Waals surface area contributed by atoms with Crippen LogP contribution in [-0.4, -0.2) is 5.16 Å². The SMILES string of the molecule is N#Cc1conc1-c1ccccc1F. The molecule has 68 valence electrons. The number of rotatable bonds is 1. The highest BCUT2D eigenvalue weighted by molar-refractivity contribution is 5.65. The minimum Gasteiger partial charge on any atom is -0.363 e. The Morgan fingerprint density at radius 3 is 2.86 bits per heavy atom. The van der Waals surface area contributed by atoms with Crippen LogP contribution in [0.1, 0.15) is 5.56 Å². The smallest absolute Gasteiger partial charge is 0.142 e. The first-order valence-corrected chi connectivity index (χ1v) is 3.92. The molecule has 0 atom stereocenters. The maximum atomic E-state index is 13.3. The third-order valence-electron chi connectivity index (χ3n) is 1.82. The summed E-state index contributed by atoms with van der Waals surface area (Å²) in [5.74, 6) is -0.419. The average Bonchev–Trinajstić information content (AvgIpc) is 2.66. The summed E-state index contributed by atoms with van der Waals surface area (Å²) >= 11 is 0. The van der Waals surface area contributed by atoms with Gasteiger partial charge in [0.2, 0.25) is 0 Å². The summed E-state index contributed by atoms with van der Waals surface area (Å²) in [4.78, 5) is 0. The summed E-state index contributed by atoms with van der Waals surface area (Å²) < 4.78 is 17.9. The van der Waals surface area contributed by atoms with E-state index in [-0.39, 0.29) is 16.8 Å². The van der Waals surface area contributed by atoms with Gasteiger partial charge in [0.25, 0.3) is 0 Å². The summed E-state index contributed by atoms with van der Waals surface area (Å²) in [5.41, 5.74) is 0.749. The molecule has 0 bridgehead atoms. The normalized spacial score (nSPS) is 9.71. The molecule has 14 heavy (non-hydrogen) atoms. The van der Waals surface area contributed by atoms with Crippen molar-refractivity contribution in [3.8, 4) is 17.3 Å². The molecule has 4 heteroatoms. The van der Waals surface area contributed by atoms with E-state index in [4.69, 9.17) is 5.26 Å². The van der Waals surface area contributed by atoms with E-state index in [1.807, 2.05) is 6.07 Å². The Balaban J connectivity index is 2.62. The lowest BCUT2D eigenvalue weighted by Gasteiger charge is -1.96. The molecule has 3 nitrogen and oxygen atoms in total. The lowest BCUT2D eigenvalue weighted by atomic mass is 10.1. The maximum absolute atomic E-state index is 13.3. The fraction of sp³-hybridized carbons (Fsp3) is 0. The van der Waals surface area contributed by atoms with Crippen LogP contribution in [0.2, 0.25) is 0 Å². The molecule has 2 rings (SSSR count). The molecule has 0 fully saturated rings. The van der Waals surface area contributed by atoms with Crippen molar-refractivity contribution in [3.63, 3.8) is 0 Å². The van der Waals surface area contributed by atoms with E-state index in [1.54, 1.807) is 18.2 Å². The average molecular weight is 188 g/mol. The van der Waals surface area contributed by atoms with E-state index in [0.717, 1.165) is 0 Å². The monoisotopic (exact) mass is 188 g/mol. The van der Waals surface area contributed by atoms with Crippen LogP contribution in [0.5, 0.6) is 0 Å². The van der Waals surface area contributed by atoms with Crippen molar-refractivity contribution in [1.29, 1.82) is 5.26 Å². The van der Waals surface area contributed by atoms with Crippen LogP contribution in [0.4, 0.5) is 4.39 Å². The minimum absolute atomic E-state index is 0.232. The third-order valence-corrected chi connectivity index (χ3v) is 1.82. The van der Waals surface area contributed by atoms with Gasteiger partial charge in [-0.05, 0) is 12.1 Å². The van der Waals surface area contributed by atoms with Crippen LogP contribution in [0, 0.1) is 17.1 Å². The molecule has 1 aromatic carbocycles. The molecule has 2 aromatic rings. The van der Waals surface area contributed by atoms with Crippen molar-refractivity contribution >= 4 is 0 Å². The minimum atomic E-state index is -0.419. The quantitative estimate of drug-likeness (QED) is 0.690. The van der Waals surface area contributed by atoms with Crippen LogP contribution < -0.4 is 0 Å². The molecular formula is C10H5FN2O. The number of nitriles is 1. The summed E-state index contributed by atoms with van der Waals surface area (Å²) in [6.45, 7) is 0. The third kappa shape index (κ3) is 1.25. The Labute approximate surface area is 79.4 Å². The van der Waals surface area contributed by atoms with Gasteiger partial charge in [0.15, 0.2) is 0 Å². The molecule has 0 aliphatic carbocycles. The Kier molecular flexibility index (Phi) is 1.99. The number of halogens is 1. The van der Waals surface area contributed by atoms with Crippen LogP contribution in [0.25, 0.3) is 11.3 Å². The second kappa shape index (κ2) is 3.30. The molecule has 0 unspecified atom stereocenters. The molecule has 0 aliphatic heterocycles. The van der Waals surface area contributed by atoms with Gasteiger partial charge in [-0.25, -0.2) is 4.39 Å². The van der Waals surface area contributed by atoms with Crippen LogP contribution in [0.15, 0.2) is 35.1 Å². The first-order chi connectivity index (χ1) is 6.83. The van der Waals surface area contributed by atoms with Gasteiger partial charge in [0, 0.05) is 5.56 Å². The zero-order valence-electron chi connectivity index (χ0n) is 7.07. The van der Waals surface area contributed by atoms with Gasteiger partial charge in [-0.1, -0.05) is 17.3 Å². The fourth-order valence-electron chi connectivity index (χ4n) is 1.16. The van der Waals surface area contributed by atoms with Crippen molar-refractivity contribution in [2.75, 3.05) is 0 Å². The molecule has 0 aliphatic rings. The predicted octanol–water partition coefficient (Wildman–Crippen LogP) is 2.35. The highest BCUT2D eigenvalue weighted by Crippen LogP contribution is 2.23. The van der Waals surface area contributed by atoms with E-state index >= 15 is 0 Å². The summed E-state index contributed by atoms with van der Waals surface area (Å²) in [5, 5.41) is 12.3. The number of hydrogen-bond donors (Lipinski definition) is 0. The molecular weight excluding hydrogens is 183 g/mol. The summed E-state index contributed by atoms with van der Waals surface area (Å²) in [6, 6.07) is 7.99. The molecule has 0 amide bonds. The van der Waals surface area contributed by atoms with Gasteiger partial charge in [-0.2, -0.15) is 5.26 Å². The van der Waals surface area contributed by atoms with E-state index in [9.17, 15) is 4.39 Å². The molecule has 0 saturated heterocycles. The topological polar surface area (TPSA) is 49.8 Å². The Morgan fingerprint density at radius 2 is 2.14 bits per heavy atom. The highest BCUT2D eigenvalue weighted by Gasteiger charge is 2.12. The van der Waals surface area contributed by atoms with E-state index in [1.165, 1.54) is 12.3 Å². The highest BCUT2D eigenvalue weighted by atomic mass is 19.1. The van der Waals surface area contributed by atoms with Crippen molar-refractivity contribution in [3.05, 3.63) is 41.9 Å². The van der Waals surface area contributed by atoms with Crippen LogP contribution >= 0.6 is 0 Å². The van der Waals surface area contributed by atoms with Crippen molar-refractivity contribution in [1.82, 2.24) is 5.16 Å². The molecule has 0 spiro atoms. The van der Waals surface area contributed by atoms with Crippen molar-refractivity contribution in [2.45, 2.75) is 0 Å². The predicted molar refractivity (Wildman–Crippen MR) is 46.6 cm³/mol. The van der Waals surface area contributed by atoms with Gasteiger partial charge in [-0.15, -0.1) is 0 Å². The van der Waals surface area contributed by atoms with E-state index in [2.05, 4.69) is 9.68 Å². The standard InChI is InChI=1S/C10H5FN2O/c11-9-4-2-1-3-8(9)10-7(5-12)6-14-13-10/h1-4,6H. The first-order valence-electron chi connectivity index (χ1n) is 3.92. The summed E-state index contributed by atoms with van der Waals surface area (Å²) in [6.07, 6.45) is 1.20. The van der Waals surface area contributed by atoms with E-state index < -0.39 is 5.82 Å². The Hall–Kier alpha value is -2.15. The molecule has 0 radical (unpaired) electrons. The van der Waals surface area contributed by atoms with Gasteiger partial charge in [-0.3, -0.25) is 0 Å².